The minimum absolute atomic E-state index is 0. The lowest BCUT2D eigenvalue weighted by atomic mass is 10.1. The number of morpholine rings is 1. The highest BCUT2D eigenvalue weighted by Crippen LogP contribution is 2.11. The number of rotatable bonds is 6. The molecule has 1 fully saturated rings. The van der Waals surface area contributed by atoms with E-state index in [2.05, 4.69) is 82.6 Å². The van der Waals surface area contributed by atoms with Crippen LogP contribution in [0, 0.1) is 6.92 Å². The largest absolute Gasteiger partial charge is 0.379 e. The Bertz CT molecular complexity index is 773. The SMILES string of the molecule is CN=C(NCc1ccc(CN2CCOCC2)cc1)N(C)Cc1ccccc1C.I. The van der Waals surface area contributed by atoms with Crippen molar-refractivity contribution in [1.29, 1.82) is 0 Å². The Balaban J connectivity index is 0.00000300. The zero-order valence-corrected chi connectivity index (χ0v) is 20.1. The molecule has 0 unspecified atom stereocenters. The Labute approximate surface area is 192 Å². The molecule has 1 heterocycles. The standard InChI is InChI=1S/C23H32N4O.HI/c1-19-6-4-5-7-22(19)18-26(3)23(24-2)25-16-20-8-10-21(11-9-20)17-27-12-14-28-15-13-27;/h4-11H,12-18H2,1-3H3,(H,24,25);1H. The molecule has 0 saturated carbocycles. The van der Waals surface area contributed by atoms with E-state index in [1.54, 1.807) is 0 Å². The Morgan fingerprint density at radius 3 is 2.38 bits per heavy atom. The van der Waals surface area contributed by atoms with Gasteiger partial charge in [0.05, 0.1) is 13.2 Å². The Kier molecular flexibility index (Phi) is 9.90. The molecule has 0 spiro atoms. The molecular formula is C23H33IN4O. The monoisotopic (exact) mass is 508 g/mol. The number of aliphatic imine (C=N–C) groups is 1. The van der Waals surface area contributed by atoms with Crippen LogP contribution in [0.5, 0.6) is 0 Å². The summed E-state index contributed by atoms with van der Waals surface area (Å²) < 4.78 is 5.42. The molecule has 0 atom stereocenters. The summed E-state index contributed by atoms with van der Waals surface area (Å²) in [4.78, 5) is 9.04. The number of hydrogen-bond acceptors (Lipinski definition) is 3. The van der Waals surface area contributed by atoms with Crippen molar-refractivity contribution in [2.75, 3.05) is 40.4 Å². The second kappa shape index (κ2) is 12.1. The smallest absolute Gasteiger partial charge is 0.193 e. The van der Waals surface area contributed by atoms with Crippen molar-refractivity contribution in [3.05, 3.63) is 70.8 Å². The first-order valence-electron chi connectivity index (χ1n) is 10.00. The molecule has 5 nitrogen and oxygen atoms in total. The summed E-state index contributed by atoms with van der Waals surface area (Å²) in [7, 11) is 3.91. The molecular weight excluding hydrogens is 475 g/mol. The van der Waals surface area contributed by atoms with Gasteiger partial charge in [-0.1, -0.05) is 48.5 Å². The molecule has 1 N–H and O–H groups in total. The summed E-state index contributed by atoms with van der Waals surface area (Å²) in [5.41, 5.74) is 5.24. The molecule has 0 radical (unpaired) electrons. The van der Waals surface area contributed by atoms with Gasteiger partial charge in [0.15, 0.2) is 5.96 Å². The molecule has 1 saturated heterocycles. The van der Waals surface area contributed by atoms with Gasteiger partial charge in [0.2, 0.25) is 0 Å². The first-order chi connectivity index (χ1) is 13.7. The number of halogens is 1. The van der Waals surface area contributed by atoms with Crippen molar-refractivity contribution in [3.8, 4) is 0 Å². The van der Waals surface area contributed by atoms with Crippen molar-refractivity contribution < 1.29 is 4.74 Å². The minimum atomic E-state index is 0. The van der Waals surface area contributed by atoms with Gasteiger partial charge in [-0.05, 0) is 29.2 Å². The lowest BCUT2D eigenvalue weighted by Gasteiger charge is -2.26. The number of aryl methyl sites for hydroxylation is 1. The number of nitrogens with one attached hydrogen (secondary N) is 1. The van der Waals surface area contributed by atoms with E-state index in [4.69, 9.17) is 4.74 Å². The van der Waals surface area contributed by atoms with Gasteiger partial charge in [-0.2, -0.15) is 0 Å². The van der Waals surface area contributed by atoms with E-state index in [0.717, 1.165) is 51.9 Å². The fraction of sp³-hybridized carbons (Fsp3) is 0.435. The number of hydrogen-bond donors (Lipinski definition) is 1. The summed E-state index contributed by atoms with van der Waals surface area (Å²) in [6, 6.07) is 17.4. The van der Waals surface area contributed by atoms with E-state index in [1.165, 1.54) is 22.3 Å². The lowest BCUT2D eigenvalue weighted by molar-refractivity contribution is 0.0342. The average molecular weight is 508 g/mol. The zero-order valence-electron chi connectivity index (χ0n) is 17.7. The Morgan fingerprint density at radius 1 is 1.07 bits per heavy atom. The molecule has 0 aromatic heterocycles. The van der Waals surface area contributed by atoms with Crippen LogP contribution in [-0.2, 0) is 24.4 Å². The summed E-state index contributed by atoms with van der Waals surface area (Å²) in [6.07, 6.45) is 0. The van der Waals surface area contributed by atoms with Crippen LogP contribution in [0.3, 0.4) is 0 Å². The van der Waals surface area contributed by atoms with Crippen LogP contribution >= 0.6 is 24.0 Å². The third-order valence-corrected chi connectivity index (χ3v) is 5.23. The van der Waals surface area contributed by atoms with Crippen molar-refractivity contribution in [2.24, 2.45) is 4.99 Å². The highest BCUT2D eigenvalue weighted by Gasteiger charge is 2.11. The molecule has 0 aliphatic carbocycles. The number of guanidine groups is 1. The van der Waals surface area contributed by atoms with Crippen LogP contribution in [0.15, 0.2) is 53.5 Å². The van der Waals surface area contributed by atoms with Crippen LogP contribution < -0.4 is 5.32 Å². The van der Waals surface area contributed by atoms with Crippen LogP contribution in [0.1, 0.15) is 22.3 Å². The zero-order chi connectivity index (χ0) is 19.8. The molecule has 0 bridgehead atoms. The van der Waals surface area contributed by atoms with E-state index in [1.807, 2.05) is 7.05 Å². The fourth-order valence-corrected chi connectivity index (χ4v) is 3.46. The van der Waals surface area contributed by atoms with Crippen molar-refractivity contribution in [3.63, 3.8) is 0 Å². The van der Waals surface area contributed by atoms with E-state index in [-0.39, 0.29) is 24.0 Å². The van der Waals surface area contributed by atoms with Gasteiger partial charge < -0.3 is 15.0 Å². The summed E-state index contributed by atoms with van der Waals surface area (Å²) >= 11 is 0. The van der Waals surface area contributed by atoms with Crippen LogP contribution in [0.25, 0.3) is 0 Å². The fourth-order valence-electron chi connectivity index (χ4n) is 3.46. The average Bonchev–Trinajstić information content (AvgIpc) is 2.72. The van der Waals surface area contributed by atoms with Crippen LogP contribution in [-0.4, -0.2) is 56.2 Å². The highest BCUT2D eigenvalue weighted by molar-refractivity contribution is 14.0. The minimum Gasteiger partial charge on any atom is -0.379 e. The number of benzene rings is 2. The van der Waals surface area contributed by atoms with Crippen LogP contribution in [0.4, 0.5) is 0 Å². The van der Waals surface area contributed by atoms with E-state index in [0.29, 0.717) is 0 Å². The number of nitrogens with zero attached hydrogens (tertiary/aromatic N) is 3. The maximum Gasteiger partial charge on any atom is 0.193 e. The van der Waals surface area contributed by atoms with Gasteiger partial charge >= 0.3 is 0 Å². The van der Waals surface area contributed by atoms with E-state index >= 15 is 0 Å². The highest BCUT2D eigenvalue weighted by atomic mass is 127. The van der Waals surface area contributed by atoms with Crippen molar-refractivity contribution in [2.45, 2.75) is 26.6 Å². The molecule has 3 rings (SSSR count). The predicted octanol–water partition coefficient (Wildman–Crippen LogP) is 3.65. The van der Waals surface area contributed by atoms with Gasteiger partial charge in [-0.15, -0.1) is 24.0 Å². The Morgan fingerprint density at radius 2 is 1.72 bits per heavy atom. The maximum absolute atomic E-state index is 5.42. The third-order valence-electron chi connectivity index (χ3n) is 5.23. The van der Waals surface area contributed by atoms with Crippen molar-refractivity contribution >= 4 is 29.9 Å². The maximum atomic E-state index is 5.42. The topological polar surface area (TPSA) is 40.1 Å². The van der Waals surface area contributed by atoms with Gasteiger partial charge in [-0.3, -0.25) is 9.89 Å². The van der Waals surface area contributed by atoms with Gasteiger partial charge in [-0.25, -0.2) is 0 Å². The van der Waals surface area contributed by atoms with Gasteiger partial charge in [0.25, 0.3) is 0 Å². The third kappa shape index (κ3) is 7.28. The molecule has 2 aromatic carbocycles. The van der Waals surface area contributed by atoms with Crippen LogP contribution in [0.2, 0.25) is 0 Å². The molecule has 6 heteroatoms. The second-order valence-corrected chi connectivity index (χ2v) is 7.39. The van der Waals surface area contributed by atoms with Gasteiger partial charge in [0.1, 0.15) is 0 Å². The Hall–Kier alpha value is -1.64. The quantitative estimate of drug-likeness (QED) is 0.368. The predicted molar refractivity (Wildman–Crippen MR) is 131 cm³/mol. The van der Waals surface area contributed by atoms with Gasteiger partial charge in [0, 0.05) is 46.8 Å². The normalized spacial score (nSPS) is 14.9. The molecule has 29 heavy (non-hydrogen) atoms. The number of ether oxygens (including phenoxy) is 1. The first kappa shape index (κ1) is 23.6. The summed E-state index contributed by atoms with van der Waals surface area (Å²) in [6.45, 7) is 8.48. The molecule has 2 aromatic rings. The molecule has 158 valence electrons. The van der Waals surface area contributed by atoms with E-state index < -0.39 is 0 Å². The first-order valence-corrected chi connectivity index (χ1v) is 10.00. The second-order valence-electron chi connectivity index (χ2n) is 7.39. The van der Waals surface area contributed by atoms with Crippen molar-refractivity contribution in [1.82, 2.24) is 15.1 Å². The lowest BCUT2D eigenvalue weighted by Crippen LogP contribution is -2.38. The summed E-state index contributed by atoms with van der Waals surface area (Å²) in [5.74, 6) is 0.903. The summed E-state index contributed by atoms with van der Waals surface area (Å²) in [5, 5.41) is 3.48. The van der Waals surface area contributed by atoms with E-state index in [9.17, 15) is 0 Å². The molecule has 0 amide bonds. The molecule has 1 aliphatic heterocycles. The molecule has 1 aliphatic rings.